The maximum atomic E-state index is 13.2. The number of aliphatic hydroxyl groups is 1. The molecule has 1 atom stereocenters. The maximum Gasteiger partial charge on any atom is 0.387 e. The van der Waals surface area contributed by atoms with E-state index in [1.54, 1.807) is 18.7 Å². The SMILES string of the molecule is CC(NCC1(O)CCSCC1)c1ccc(F)cc1OC(F)F. The Morgan fingerprint density at radius 1 is 1.36 bits per heavy atom. The molecule has 7 heteroatoms. The Morgan fingerprint density at radius 3 is 2.68 bits per heavy atom. The van der Waals surface area contributed by atoms with Gasteiger partial charge in [0.2, 0.25) is 0 Å². The molecule has 0 aromatic heterocycles. The van der Waals surface area contributed by atoms with Crippen molar-refractivity contribution in [2.24, 2.45) is 0 Å². The second-order valence-corrected chi connectivity index (χ2v) is 6.72. The van der Waals surface area contributed by atoms with Gasteiger partial charge in [-0.2, -0.15) is 20.5 Å². The van der Waals surface area contributed by atoms with Crippen molar-refractivity contribution in [1.29, 1.82) is 0 Å². The van der Waals surface area contributed by atoms with Crippen LogP contribution in [0.5, 0.6) is 5.75 Å². The highest BCUT2D eigenvalue weighted by molar-refractivity contribution is 7.99. The fourth-order valence-corrected chi connectivity index (χ4v) is 3.70. The van der Waals surface area contributed by atoms with E-state index in [-0.39, 0.29) is 11.8 Å². The van der Waals surface area contributed by atoms with E-state index in [2.05, 4.69) is 10.1 Å². The van der Waals surface area contributed by atoms with Crippen LogP contribution >= 0.6 is 11.8 Å². The maximum absolute atomic E-state index is 13.2. The van der Waals surface area contributed by atoms with Gasteiger partial charge in [0.1, 0.15) is 11.6 Å². The second kappa shape index (κ2) is 7.57. The van der Waals surface area contributed by atoms with Gasteiger partial charge in [-0.3, -0.25) is 0 Å². The quantitative estimate of drug-likeness (QED) is 0.837. The van der Waals surface area contributed by atoms with E-state index in [1.165, 1.54) is 12.1 Å². The molecule has 1 heterocycles. The Morgan fingerprint density at radius 2 is 2.05 bits per heavy atom. The van der Waals surface area contributed by atoms with Gasteiger partial charge in [-0.1, -0.05) is 6.07 Å². The first-order valence-electron chi connectivity index (χ1n) is 7.17. The summed E-state index contributed by atoms with van der Waals surface area (Å²) in [5.41, 5.74) is -0.334. The number of hydrogen-bond acceptors (Lipinski definition) is 4. The van der Waals surface area contributed by atoms with Crippen molar-refractivity contribution >= 4 is 11.8 Å². The van der Waals surface area contributed by atoms with E-state index >= 15 is 0 Å². The molecule has 22 heavy (non-hydrogen) atoms. The predicted octanol–water partition coefficient (Wildman–Crippen LogP) is 3.34. The molecule has 2 rings (SSSR count). The van der Waals surface area contributed by atoms with Crippen molar-refractivity contribution in [3.63, 3.8) is 0 Å². The van der Waals surface area contributed by atoms with Crippen LogP contribution in [0, 0.1) is 5.82 Å². The van der Waals surface area contributed by atoms with Crippen LogP contribution in [0.2, 0.25) is 0 Å². The van der Waals surface area contributed by atoms with Gasteiger partial charge in [0.05, 0.1) is 5.60 Å². The standard InChI is InChI=1S/C15H20F3NO2S/c1-10(19-9-15(20)4-6-22-7-5-15)12-3-2-11(16)8-13(12)21-14(17)18/h2-3,8,10,14,19-20H,4-7,9H2,1H3. The molecule has 1 aliphatic rings. The van der Waals surface area contributed by atoms with E-state index in [1.807, 2.05) is 0 Å². The Hall–Kier alpha value is -0.920. The smallest absolute Gasteiger partial charge is 0.387 e. The fraction of sp³-hybridized carbons (Fsp3) is 0.600. The highest BCUT2D eigenvalue weighted by Crippen LogP contribution is 2.30. The first kappa shape index (κ1) is 17.4. The molecular formula is C15H20F3NO2S. The molecule has 1 aromatic carbocycles. The number of alkyl halides is 2. The summed E-state index contributed by atoms with van der Waals surface area (Å²) in [4.78, 5) is 0. The van der Waals surface area contributed by atoms with Crippen molar-refractivity contribution < 1.29 is 23.0 Å². The summed E-state index contributed by atoms with van der Waals surface area (Å²) < 4.78 is 42.4. The number of benzene rings is 1. The van der Waals surface area contributed by atoms with Crippen molar-refractivity contribution in [1.82, 2.24) is 5.32 Å². The van der Waals surface area contributed by atoms with Crippen molar-refractivity contribution in [2.75, 3.05) is 18.1 Å². The second-order valence-electron chi connectivity index (χ2n) is 5.50. The summed E-state index contributed by atoms with van der Waals surface area (Å²) in [5, 5.41) is 13.6. The minimum atomic E-state index is -3.01. The Bertz CT molecular complexity index is 496. The van der Waals surface area contributed by atoms with Crippen LogP contribution in [0.1, 0.15) is 31.4 Å². The van der Waals surface area contributed by atoms with E-state index in [9.17, 15) is 18.3 Å². The van der Waals surface area contributed by atoms with Crippen molar-refractivity contribution in [2.45, 2.75) is 38.0 Å². The molecule has 0 aliphatic carbocycles. The zero-order valence-electron chi connectivity index (χ0n) is 12.3. The Labute approximate surface area is 132 Å². The zero-order chi connectivity index (χ0) is 16.2. The molecular weight excluding hydrogens is 315 g/mol. The molecule has 1 aliphatic heterocycles. The minimum absolute atomic E-state index is 0.179. The summed E-state index contributed by atoms with van der Waals surface area (Å²) in [6, 6.07) is 3.24. The molecule has 1 aromatic rings. The van der Waals surface area contributed by atoms with E-state index in [4.69, 9.17) is 0 Å². The van der Waals surface area contributed by atoms with E-state index < -0.39 is 18.0 Å². The van der Waals surface area contributed by atoms with Gasteiger partial charge in [-0.25, -0.2) is 4.39 Å². The van der Waals surface area contributed by atoms with E-state index in [0.29, 0.717) is 24.9 Å². The van der Waals surface area contributed by atoms with Crippen LogP contribution in [-0.2, 0) is 0 Å². The predicted molar refractivity (Wildman–Crippen MR) is 81.0 cm³/mol. The van der Waals surface area contributed by atoms with Crippen LogP contribution in [0.25, 0.3) is 0 Å². The largest absolute Gasteiger partial charge is 0.434 e. The van der Waals surface area contributed by atoms with Crippen LogP contribution < -0.4 is 10.1 Å². The lowest BCUT2D eigenvalue weighted by Gasteiger charge is -2.33. The van der Waals surface area contributed by atoms with Gasteiger partial charge >= 0.3 is 6.61 Å². The highest BCUT2D eigenvalue weighted by atomic mass is 32.2. The molecule has 1 saturated heterocycles. The van der Waals surface area contributed by atoms with Gasteiger partial charge in [-0.05, 0) is 37.3 Å². The van der Waals surface area contributed by atoms with Crippen LogP contribution in [0.15, 0.2) is 18.2 Å². The number of ether oxygens (including phenoxy) is 1. The number of rotatable bonds is 6. The molecule has 124 valence electrons. The summed E-state index contributed by atoms with van der Waals surface area (Å²) in [6.45, 7) is -0.875. The van der Waals surface area contributed by atoms with Gasteiger partial charge in [0.15, 0.2) is 0 Å². The number of hydrogen-bond donors (Lipinski definition) is 2. The lowest BCUT2D eigenvalue weighted by atomic mass is 9.96. The minimum Gasteiger partial charge on any atom is -0.434 e. The first-order chi connectivity index (χ1) is 10.4. The molecule has 3 nitrogen and oxygen atoms in total. The third-order valence-electron chi connectivity index (χ3n) is 3.82. The highest BCUT2D eigenvalue weighted by Gasteiger charge is 2.30. The van der Waals surface area contributed by atoms with Gasteiger partial charge in [-0.15, -0.1) is 0 Å². The van der Waals surface area contributed by atoms with Crippen LogP contribution in [-0.4, -0.2) is 35.4 Å². The number of halogens is 3. The lowest BCUT2D eigenvalue weighted by Crippen LogP contribution is -2.44. The summed E-state index contributed by atoms with van der Waals surface area (Å²) >= 11 is 1.81. The topological polar surface area (TPSA) is 41.5 Å². The summed E-state index contributed by atoms with van der Waals surface area (Å²) in [6.07, 6.45) is 1.39. The molecule has 1 fully saturated rings. The molecule has 1 unspecified atom stereocenters. The number of nitrogens with one attached hydrogen (secondary N) is 1. The Kier molecular flexibility index (Phi) is 6.00. The normalized spacial score (nSPS) is 19.2. The van der Waals surface area contributed by atoms with Crippen LogP contribution in [0.3, 0.4) is 0 Å². The third kappa shape index (κ3) is 4.79. The average Bonchev–Trinajstić information content (AvgIpc) is 2.45. The lowest BCUT2D eigenvalue weighted by molar-refractivity contribution is -0.0509. The molecule has 0 bridgehead atoms. The van der Waals surface area contributed by atoms with Crippen LogP contribution in [0.4, 0.5) is 13.2 Å². The van der Waals surface area contributed by atoms with Gasteiger partial charge in [0.25, 0.3) is 0 Å². The monoisotopic (exact) mass is 335 g/mol. The number of thioether (sulfide) groups is 1. The molecule has 2 N–H and O–H groups in total. The zero-order valence-corrected chi connectivity index (χ0v) is 13.1. The van der Waals surface area contributed by atoms with Gasteiger partial charge in [0, 0.05) is 24.2 Å². The molecule has 0 spiro atoms. The molecule has 0 radical (unpaired) electrons. The third-order valence-corrected chi connectivity index (χ3v) is 4.80. The van der Waals surface area contributed by atoms with Gasteiger partial charge < -0.3 is 15.2 Å². The van der Waals surface area contributed by atoms with Crippen molar-refractivity contribution in [3.8, 4) is 5.75 Å². The average molecular weight is 335 g/mol. The summed E-state index contributed by atoms with van der Waals surface area (Å²) in [7, 11) is 0. The fourth-order valence-electron chi connectivity index (χ4n) is 2.45. The molecule has 0 amide bonds. The first-order valence-corrected chi connectivity index (χ1v) is 8.33. The Balaban J connectivity index is 2.03. The molecule has 0 saturated carbocycles. The van der Waals surface area contributed by atoms with E-state index in [0.717, 1.165) is 17.6 Å². The van der Waals surface area contributed by atoms with Crippen molar-refractivity contribution in [3.05, 3.63) is 29.6 Å². The summed E-state index contributed by atoms with van der Waals surface area (Å²) in [5.74, 6) is 1.00.